The lowest BCUT2D eigenvalue weighted by Crippen LogP contribution is -2.16. The first-order chi connectivity index (χ1) is 19.8. The molecule has 0 saturated heterocycles. The van der Waals surface area contributed by atoms with Gasteiger partial charge in [-0.2, -0.15) is 0 Å². The van der Waals surface area contributed by atoms with Crippen molar-refractivity contribution < 1.29 is 12.9 Å². The van der Waals surface area contributed by atoms with Crippen molar-refractivity contribution in [2.24, 2.45) is 0 Å². The zero-order valence-corrected chi connectivity index (χ0v) is 24.5. The standard InChI is InChI=1S/C32H33N5O3S/c1-5-6-15-31-33-26-18-21(2)16-17-28(26)37(31)20-24-19-36(27-12-8-7-11-25(24)27)29-13-9-10-14-30(29)41(38,39)35-32-22(3)23(4)40-34-32/h7-14,16-19H,5-6,15,20H2,1-4H3,(H,34,35). The molecule has 3 aromatic carbocycles. The molecule has 0 bridgehead atoms. The van der Waals surface area contributed by atoms with Gasteiger partial charge in [0.1, 0.15) is 16.5 Å². The lowest BCUT2D eigenvalue weighted by molar-refractivity contribution is 0.399. The van der Waals surface area contributed by atoms with Crippen LogP contribution in [0.15, 0.2) is 82.3 Å². The van der Waals surface area contributed by atoms with Gasteiger partial charge in [0.25, 0.3) is 10.0 Å². The number of hydrogen-bond acceptors (Lipinski definition) is 5. The van der Waals surface area contributed by atoms with Crippen LogP contribution in [0.2, 0.25) is 0 Å². The van der Waals surface area contributed by atoms with Crippen LogP contribution in [0.4, 0.5) is 5.82 Å². The molecule has 0 atom stereocenters. The van der Waals surface area contributed by atoms with Crippen LogP contribution in [-0.4, -0.2) is 27.7 Å². The second-order valence-corrected chi connectivity index (χ2v) is 12.2. The van der Waals surface area contributed by atoms with E-state index in [2.05, 4.69) is 52.6 Å². The van der Waals surface area contributed by atoms with Gasteiger partial charge in [0.2, 0.25) is 0 Å². The molecule has 3 aromatic heterocycles. The smallest absolute Gasteiger partial charge is 0.265 e. The Labute approximate surface area is 239 Å². The summed E-state index contributed by atoms with van der Waals surface area (Å²) < 4.78 is 39.4. The number of benzene rings is 3. The molecule has 0 amide bonds. The maximum Gasteiger partial charge on any atom is 0.265 e. The van der Waals surface area contributed by atoms with Crippen molar-refractivity contribution in [2.75, 3.05) is 4.72 Å². The molecule has 0 radical (unpaired) electrons. The normalized spacial score (nSPS) is 12.0. The first-order valence-corrected chi connectivity index (χ1v) is 15.3. The minimum atomic E-state index is -3.97. The Kier molecular flexibility index (Phi) is 6.91. The highest BCUT2D eigenvalue weighted by Crippen LogP contribution is 2.31. The van der Waals surface area contributed by atoms with Gasteiger partial charge in [-0.1, -0.05) is 54.9 Å². The van der Waals surface area contributed by atoms with E-state index < -0.39 is 10.0 Å². The molecule has 0 aliphatic rings. The van der Waals surface area contributed by atoms with Crippen LogP contribution >= 0.6 is 0 Å². The molecule has 9 heteroatoms. The summed E-state index contributed by atoms with van der Waals surface area (Å²) in [6.07, 6.45) is 5.10. The maximum atomic E-state index is 13.7. The summed E-state index contributed by atoms with van der Waals surface area (Å²) in [5.74, 6) is 1.82. The number of aromatic nitrogens is 4. The fourth-order valence-electron chi connectivity index (χ4n) is 5.32. The van der Waals surface area contributed by atoms with Crippen molar-refractivity contribution in [3.8, 4) is 5.69 Å². The van der Waals surface area contributed by atoms with Gasteiger partial charge in [-0.3, -0.25) is 4.72 Å². The van der Waals surface area contributed by atoms with E-state index in [4.69, 9.17) is 9.51 Å². The van der Waals surface area contributed by atoms with Crippen LogP contribution in [-0.2, 0) is 23.0 Å². The van der Waals surface area contributed by atoms with Crippen molar-refractivity contribution in [1.82, 2.24) is 19.3 Å². The lowest BCUT2D eigenvalue weighted by Gasteiger charge is -2.13. The maximum absolute atomic E-state index is 13.7. The Bertz CT molecular complexity index is 2000. The number of nitrogens with zero attached hydrogens (tertiary/aromatic N) is 4. The predicted molar refractivity (Wildman–Crippen MR) is 162 cm³/mol. The number of unbranched alkanes of at least 4 members (excludes halogenated alkanes) is 1. The SMILES string of the molecule is CCCCc1nc2cc(C)ccc2n1Cc1cn(-c2ccccc2S(=O)(=O)Nc2noc(C)c2C)c2ccccc12. The zero-order chi connectivity index (χ0) is 28.7. The molecule has 0 saturated carbocycles. The van der Waals surface area contributed by atoms with Gasteiger partial charge in [0, 0.05) is 23.6 Å². The molecule has 0 spiro atoms. The summed E-state index contributed by atoms with van der Waals surface area (Å²) in [7, 11) is -3.97. The van der Waals surface area contributed by atoms with Crippen molar-refractivity contribution >= 4 is 37.8 Å². The number of fused-ring (bicyclic) bond motifs is 2. The fraction of sp³-hybridized carbons (Fsp3) is 0.250. The summed E-state index contributed by atoms with van der Waals surface area (Å²) in [5.41, 5.74) is 6.50. The molecule has 8 nitrogen and oxygen atoms in total. The van der Waals surface area contributed by atoms with Crippen molar-refractivity contribution in [3.05, 3.63) is 101 Å². The van der Waals surface area contributed by atoms with E-state index in [1.807, 2.05) is 41.1 Å². The Morgan fingerprint density at radius 1 is 0.951 bits per heavy atom. The molecule has 0 aliphatic heterocycles. The molecule has 0 fully saturated rings. The number of para-hydroxylation sites is 2. The molecule has 41 heavy (non-hydrogen) atoms. The van der Waals surface area contributed by atoms with E-state index in [1.165, 1.54) is 5.56 Å². The average molecular weight is 568 g/mol. The average Bonchev–Trinajstić information content (AvgIpc) is 3.61. The number of nitrogens with one attached hydrogen (secondary N) is 1. The molecule has 0 aliphatic carbocycles. The van der Waals surface area contributed by atoms with Gasteiger partial charge in [0.15, 0.2) is 5.82 Å². The monoisotopic (exact) mass is 567 g/mol. The molecule has 6 rings (SSSR count). The largest absolute Gasteiger partial charge is 0.359 e. The van der Waals surface area contributed by atoms with Crippen molar-refractivity contribution in [2.45, 2.75) is 58.4 Å². The third-order valence-corrected chi connectivity index (χ3v) is 9.05. The quantitative estimate of drug-likeness (QED) is 0.201. The van der Waals surface area contributed by atoms with E-state index in [1.54, 1.807) is 26.0 Å². The third kappa shape index (κ3) is 4.91. The number of imidazole rings is 1. The third-order valence-electron chi connectivity index (χ3n) is 7.66. The van der Waals surface area contributed by atoms with Crippen LogP contribution in [0, 0.1) is 20.8 Å². The molecular formula is C32H33N5O3S. The number of hydrogen-bond donors (Lipinski definition) is 1. The van der Waals surface area contributed by atoms with Crippen LogP contribution in [0.1, 0.15) is 48.0 Å². The van der Waals surface area contributed by atoms with Gasteiger partial charge in [-0.25, -0.2) is 13.4 Å². The second kappa shape index (κ2) is 10.6. The first kappa shape index (κ1) is 26.8. The van der Waals surface area contributed by atoms with Crippen LogP contribution in [0.25, 0.3) is 27.6 Å². The Balaban J connectivity index is 1.47. The molecule has 210 valence electrons. The summed E-state index contributed by atoms with van der Waals surface area (Å²) >= 11 is 0. The van der Waals surface area contributed by atoms with Gasteiger partial charge in [0.05, 0.1) is 28.8 Å². The molecule has 3 heterocycles. The minimum absolute atomic E-state index is 0.152. The number of anilines is 1. The zero-order valence-electron chi connectivity index (χ0n) is 23.7. The van der Waals surface area contributed by atoms with Gasteiger partial charge >= 0.3 is 0 Å². The summed E-state index contributed by atoms with van der Waals surface area (Å²) in [6.45, 7) is 8.42. The number of rotatable bonds is 9. The highest BCUT2D eigenvalue weighted by atomic mass is 32.2. The van der Waals surface area contributed by atoms with E-state index >= 15 is 0 Å². The Morgan fingerprint density at radius 2 is 1.73 bits per heavy atom. The molecule has 6 aromatic rings. The van der Waals surface area contributed by atoms with Crippen LogP contribution in [0.3, 0.4) is 0 Å². The van der Waals surface area contributed by atoms with E-state index in [-0.39, 0.29) is 10.7 Å². The summed E-state index contributed by atoms with van der Waals surface area (Å²) in [6, 6.07) is 21.5. The van der Waals surface area contributed by atoms with Crippen LogP contribution in [0.5, 0.6) is 0 Å². The molecular weight excluding hydrogens is 534 g/mol. The summed E-state index contributed by atoms with van der Waals surface area (Å²) in [5, 5.41) is 4.96. The molecule has 0 unspecified atom stereocenters. The van der Waals surface area contributed by atoms with Gasteiger partial charge in [-0.05, 0) is 68.7 Å². The Hall–Kier alpha value is -4.37. The Morgan fingerprint density at radius 3 is 2.51 bits per heavy atom. The summed E-state index contributed by atoms with van der Waals surface area (Å²) in [4.78, 5) is 5.15. The second-order valence-electron chi connectivity index (χ2n) is 10.5. The van der Waals surface area contributed by atoms with Gasteiger partial charge in [-0.15, -0.1) is 0 Å². The number of aryl methyl sites for hydroxylation is 3. The lowest BCUT2D eigenvalue weighted by atomic mass is 10.1. The first-order valence-electron chi connectivity index (χ1n) is 13.9. The van der Waals surface area contributed by atoms with E-state index in [9.17, 15) is 8.42 Å². The van der Waals surface area contributed by atoms with Crippen LogP contribution < -0.4 is 4.72 Å². The van der Waals surface area contributed by atoms with Crippen molar-refractivity contribution in [3.63, 3.8) is 0 Å². The van der Waals surface area contributed by atoms with Crippen molar-refractivity contribution in [1.29, 1.82) is 0 Å². The minimum Gasteiger partial charge on any atom is -0.359 e. The highest BCUT2D eigenvalue weighted by Gasteiger charge is 2.24. The fourth-order valence-corrected chi connectivity index (χ4v) is 6.57. The molecule has 1 N–H and O–H groups in total. The highest BCUT2D eigenvalue weighted by molar-refractivity contribution is 7.92. The number of sulfonamides is 1. The van der Waals surface area contributed by atoms with E-state index in [0.29, 0.717) is 23.6 Å². The van der Waals surface area contributed by atoms with E-state index in [0.717, 1.165) is 52.6 Å². The predicted octanol–water partition coefficient (Wildman–Crippen LogP) is 7.09. The van der Waals surface area contributed by atoms with Gasteiger partial charge < -0.3 is 13.7 Å². The topological polar surface area (TPSA) is 95.0 Å².